The molecule has 1 saturated heterocycles. The number of aldehydes is 1. The summed E-state index contributed by atoms with van der Waals surface area (Å²) >= 11 is 0. The molecule has 1 aliphatic heterocycles. The molecule has 3 aromatic rings. The lowest BCUT2D eigenvalue weighted by molar-refractivity contribution is -0.116. The van der Waals surface area contributed by atoms with E-state index < -0.39 is 18.8 Å². The number of likely N-dealkylation sites (tertiary alicyclic amines) is 1. The monoisotopic (exact) mass is 484 g/mol. The first-order valence-corrected chi connectivity index (χ1v) is 11.2. The van der Waals surface area contributed by atoms with Crippen molar-refractivity contribution in [1.82, 2.24) is 14.9 Å². The zero-order valence-electron chi connectivity index (χ0n) is 18.8. The van der Waals surface area contributed by atoms with Crippen LogP contribution < -0.4 is 10.1 Å². The van der Waals surface area contributed by atoms with E-state index in [9.17, 15) is 23.8 Å². The molecule has 0 radical (unpaired) electrons. The van der Waals surface area contributed by atoms with Gasteiger partial charge in [0.2, 0.25) is 5.95 Å². The van der Waals surface area contributed by atoms with Gasteiger partial charge in [-0.05, 0) is 48.2 Å². The number of hydrogen-bond acceptors (Lipinski definition) is 8. The first-order chi connectivity index (χ1) is 16.9. The molecule has 10 heteroatoms. The Hall–Kier alpha value is -3.47. The van der Waals surface area contributed by atoms with E-state index in [1.807, 2.05) is 4.90 Å². The van der Waals surface area contributed by atoms with Crippen molar-refractivity contribution < 1.29 is 28.5 Å². The van der Waals surface area contributed by atoms with Crippen LogP contribution in [0.4, 0.5) is 20.4 Å². The molecule has 4 rings (SSSR count). The van der Waals surface area contributed by atoms with Crippen LogP contribution in [0.5, 0.6) is 5.75 Å². The number of aromatic nitrogens is 2. The number of anilines is 2. The quantitative estimate of drug-likeness (QED) is 0.396. The van der Waals surface area contributed by atoms with Crippen LogP contribution in [-0.2, 0) is 4.79 Å². The van der Waals surface area contributed by atoms with E-state index in [1.165, 1.54) is 12.1 Å². The Labute approximate surface area is 201 Å². The first kappa shape index (κ1) is 24.6. The highest BCUT2D eigenvalue weighted by atomic mass is 19.3. The minimum Gasteiger partial charge on any atom is -0.435 e. The number of alkyl halides is 2. The van der Waals surface area contributed by atoms with Crippen LogP contribution in [0.15, 0.2) is 60.9 Å². The Morgan fingerprint density at radius 2 is 1.63 bits per heavy atom. The number of benzene rings is 2. The lowest BCUT2D eigenvalue weighted by Crippen LogP contribution is -2.45. The van der Waals surface area contributed by atoms with Crippen molar-refractivity contribution in [2.45, 2.75) is 37.7 Å². The van der Waals surface area contributed by atoms with Gasteiger partial charge in [-0.25, -0.2) is 9.97 Å². The smallest absolute Gasteiger partial charge is 0.387 e. The van der Waals surface area contributed by atoms with Gasteiger partial charge in [0.05, 0.1) is 12.0 Å². The number of carbonyl (C=O) groups excluding carboxylic acids is 1. The van der Waals surface area contributed by atoms with Crippen LogP contribution in [0.1, 0.15) is 24.3 Å². The highest BCUT2D eigenvalue weighted by Crippen LogP contribution is 2.26. The van der Waals surface area contributed by atoms with Gasteiger partial charge in [-0.2, -0.15) is 8.78 Å². The summed E-state index contributed by atoms with van der Waals surface area (Å²) in [5, 5.41) is 23.4. The molecule has 184 valence electrons. The average molecular weight is 485 g/mol. The summed E-state index contributed by atoms with van der Waals surface area (Å²) in [5.74, 6) is -0.268. The van der Waals surface area contributed by atoms with Gasteiger partial charge in [0.1, 0.15) is 18.3 Å². The molecule has 1 aliphatic rings. The van der Waals surface area contributed by atoms with Gasteiger partial charge in [0.25, 0.3) is 0 Å². The van der Waals surface area contributed by atoms with Crippen LogP contribution in [0, 0.1) is 0 Å². The molecule has 0 spiro atoms. The maximum Gasteiger partial charge on any atom is 0.387 e. The highest BCUT2D eigenvalue weighted by Gasteiger charge is 2.29. The van der Waals surface area contributed by atoms with Gasteiger partial charge in [-0.15, -0.1) is 0 Å². The van der Waals surface area contributed by atoms with Crippen molar-refractivity contribution >= 4 is 17.9 Å². The van der Waals surface area contributed by atoms with E-state index in [1.54, 1.807) is 48.8 Å². The molecule has 0 aliphatic carbocycles. The van der Waals surface area contributed by atoms with Crippen molar-refractivity contribution in [3.05, 3.63) is 66.5 Å². The SMILES string of the molecule is O=CC(c1ccc(Nc2ncc(-c3ccc(OC(F)F)cc3)cn2)cc1)C(O)N1CCC(O)CC1. The van der Waals surface area contributed by atoms with Crippen molar-refractivity contribution in [3.8, 4) is 16.9 Å². The number of aliphatic hydroxyl groups excluding tert-OH is 2. The fourth-order valence-electron chi connectivity index (χ4n) is 3.99. The molecule has 2 heterocycles. The fourth-order valence-corrected chi connectivity index (χ4v) is 3.99. The third-order valence-corrected chi connectivity index (χ3v) is 5.96. The predicted octanol–water partition coefficient (Wildman–Crippen LogP) is 3.55. The van der Waals surface area contributed by atoms with E-state index in [-0.39, 0.29) is 11.9 Å². The second-order valence-electron chi connectivity index (χ2n) is 8.29. The zero-order valence-corrected chi connectivity index (χ0v) is 18.8. The third kappa shape index (κ3) is 6.36. The van der Waals surface area contributed by atoms with Gasteiger partial charge < -0.3 is 25.1 Å². The zero-order chi connectivity index (χ0) is 24.8. The Morgan fingerprint density at radius 1 is 1.00 bits per heavy atom. The molecular formula is C25H26F2N4O4. The van der Waals surface area contributed by atoms with Crippen LogP contribution in [0.25, 0.3) is 11.1 Å². The number of hydrogen-bond donors (Lipinski definition) is 3. The van der Waals surface area contributed by atoms with E-state index in [0.717, 1.165) is 11.8 Å². The van der Waals surface area contributed by atoms with Gasteiger partial charge in [-0.1, -0.05) is 24.3 Å². The number of nitrogens with one attached hydrogen (secondary N) is 1. The number of rotatable bonds is 9. The second kappa shape index (κ2) is 11.3. The highest BCUT2D eigenvalue weighted by molar-refractivity contribution is 5.65. The summed E-state index contributed by atoms with van der Waals surface area (Å²) in [7, 11) is 0. The summed E-state index contributed by atoms with van der Waals surface area (Å²) in [5.41, 5.74) is 2.85. The molecular weight excluding hydrogens is 458 g/mol. The molecule has 2 atom stereocenters. The van der Waals surface area contributed by atoms with Gasteiger partial charge in [0, 0.05) is 36.7 Å². The molecule has 2 unspecified atom stereocenters. The second-order valence-corrected chi connectivity index (χ2v) is 8.29. The van der Waals surface area contributed by atoms with Crippen molar-refractivity contribution in [2.24, 2.45) is 0 Å². The first-order valence-electron chi connectivity index (χ1n) is 11.2. The number of piperidine rings is 1. The Balaban J connectivity index is 1.37. The van der Waals surface area contributed by atoms with Crippen molar-refractivity contribution in [2.75, 3.05) is 18.4 Å². The van der Waals surface area contributed by atoms with Gasteiger partial charge in [-0.3, -0.25) is 4.90 Å². The number of aliphatic hydroxyl groups is 2. The lowest BCUT2D eigenvalue weighted by atomic mass is 9.96. The van der Waals surface area contributed by atoms with Gasteiger partial charge in [0.15, 0.2) is 0 Å². The Morgan fingerprint density at radius 3 is 2.20 bits per heavy atom. The van der Waals surface area contributed by atoms with Crippen molar-refractivity contribution in [1.29, 1.82) is 0 Å². The largest absolute Gasteiger partial charge is 0.435 e. The molecule has 8 nitrogen and oxygen atoms in total. The van der Waals surface area contributed by atoms with Crippen LogP contribution in [-0.4, -0.2) is 63.4 Å². The van der Waals surface area contributed by atoms with E-state index in [4.69, 9.17) is 0 Å². The van der Waals surface area contributed by atoms with Crippen LogP contribution in [0.3, 0.4) is 0 Å². The summed E-state index contributed by atoms with van der Waals surface area (Å²) in [4.78, 5) is 22.1. The van der Waals surface area contributed by atoms with E-state index >= 15 is 0 Å². The molecule has 35 heavy (non-hydrogen) atoms. The van der Waals surface area contributed by atoms with Crippen molar-refractivity contribution in [3.63, 3.8) is 0 Å². The maximum atomic E-state index is 12.3. The number of halogens is 2. The Kier molecular flexibility index (Phi) is 7.96. The number of nitrogens with zero attached hydrogens (tertiary/aromatic N) is 3. The molecule has 3 N–H and O–H groups in total. The summed E-state index contributed by atoms with van der Waals surface area (Å²) in [6.45, 7) is -1.80. The minimum atomic E-state index is -2.87. The van der Waals surface area contributed by atoms with Crippen LogP contribution >= 0.6 is 0 Å². The summed E-state index contributed by atoms with van der Waals surface area (Å²) in [6, 6.07) is 13.3. The number of carbonyl (C=O) groups is 1. The standard InChI is InChI=1S/C25H26F2N4O4/c26-24(27)35-21-7-3-16(4-8-21)18-13-28-25(29-14-18)30-19-5-1-17(2-6-19)22(15-32)23(34)31-11-9-20(33)10-12-31/h1-8,13-15,20,22-24,33-34H,9-12H2,(H,28,29,30). The normalized spacial score (nSPS) is 16.6. The Bertz CT molecular complexity index is 1090. The summed E-state index contributed by atoms with van der Waals surface area (Å²) in [6.07, 6.45) is 3.80. The molecule has 1 fully saturated rings. The molecule has 0 amide bonds. The van der Waals surface area contributed by atoms with Gasteiger partial charge >= 0.3 is 6.61 Å². The minimum absolute atomic E-state index is 0.0745. The molecule has 1 aromatic heterocycles. The summed E-state index contributed by atoms with van der Waals surface area (Å²) < 4.78 is 28.9. The third-order valence-electron chi connectivity index (χ3n) is 5.96. The fraction of sp³-hybridized carbons (Fsp3) is 0.320. The topological polar surface area (TPSA) is 108 Å². The number of ether oxygens (including phenoxy) is 1. The maximum absolute atomic E-state index is 12.3. The molecule has 0 saturated carbocycles. The predicted molar refractivity (Wildman–Crippen MR) is 125 cm³/mol. The van der Waals surface area contributed by atoms with Crippen LogP contribution in [0.2, 0.25) is 0 Å². The van der Waals surface area contributed by atoms with E-state index in [2.05, 4.69) is 20.0 Å². The van der Waals surface area contributed by atoms with E-state index in [0.29, 0.717) is 48.7 Å². The molecule has 2 aromatic carbocycles. The average Bonchev–Trinajstić information content (AvgIpc) is 2.86. The molecule has 0 bridgehead atoms. The lowest BCUT2D eigenvalue weighted by Gasteiger charge is -2.35.